The highest BCUT2D eigenvalue weighted by molar-refractivity contribution is 6.31. The van der Waals surface area contributed by atoms with E-state index in [0.717, 1.165) is 13.1 Å². The number of carbonyl (C=O) groups is 1. The van der Waals surface area contributed by atoms with E-state index in [4.69, 9.17) is 16.3 Å². The Morgan fingerprint density at radius 2 is 2.24 bits per heavy atom. The lowest BCUT2D eigenvalue weighted by Gasteiger charge is -2.18. The van der Waals surface area contributed by atoms with Crippen LogP contribution >= 0.6 is 11.6 Å². The van der Waals surface area contributed by atoms with Crippen LogP contribution in [-0.2, 0) is 4.74 Å². The first kappa shape index (κ1) is 14.2. The van der Waals surface area contributed by atoms with Gasteiger partial charge in [-0.2, -0.15) is 0 Å². The fraction of sp³-hybridized carbons (Fsp3) is 0.462. The summed E-state index contributed by atoms with van der Waals surface area (Å²) in [6, 6.07) is 7.05. The molecule has 4 heteroatoms. The first-order valence-electron chi connectivity index (χ1n) is 5.67. The third-order valence-corrected chi connectivity index (χ3v) is 2.81. The predicted molar refractivity (Wildman–Crippen MR) is 69.8 cm³/mol. The second-order valence-corrected chi connectivity index (χ2v) is 4.23. The van der Waals surface area contributed by atoms with E-state index >= 15 is 0 Å². The summed E-state index contributed by atoms with van der Waals surface area (Å²) in [7, 11) is 1.66. The van der Waals surface area contributed by atoms with E-state index in [1.807, 2.05) is 11.8 Å². The minimum Gasteiger partial charge on any atom is -0.383 e. The molecule has 0 amide bonds. The average Bonchev–Trinajstić information content (AvgIpc) is 2.34. The van der Waals surface area contributed by atoms with E-state index in [1.165, 1.54) is 0 Å². The second-order valence-electron chi connectivity index (χ2n) is 3.80. The van der Waals surface area contributed by atoms with Crippen molar-refractivity contribution in [2.45, 2.75) is 6.92 Å². The molecule has 0 saturated heterocycles. The molecule has 0 atom stereocenters. The Hall–Kier alpha value is -0.900. The molecule has 0 heterocycles. The Bertz CT molecular complexity index is 368. The van der Waals surface area contributed by atoms with Gasteiger partial charge in [0.2, 0.25) is 0 Å². The molecule has 17 heavy (non-hydrogen) atoms. The van der Waals surface area contributed by atoms with Gasteiger partial charge in [0, 0.05) is 24.2 Å². The minimum absolute atomic E-state index is 0.0884. The molecule has 0 aromatic heterocycles. The summed E-state index contributed by atoms with van der Waals surface area (Å²) in [6.07, 6.45) is 0. The number of halogens is 1. The van der Waals surface area contributed by atoms with Gasteiger partial charge >= 0.3 is 0 Å². The smallest absolute Gasteiger partial charge is 0.176 e. The number of nitrogens with zero attached hydrogens (tertiary/aromatic N) is 1. The lowest BCUT2D eigenvalue weighted by Crippen LogP contribution is -2.32. The molecule has 0 aliphatic carbocycles. The molecule has 0 unspecified atom stereocenters. The quantitative estimate of drug-likeness (QED) is 0.701. The van der Waals surface area contributed by atoms with Crippen molar-refractivity contribution in [3.63, 3.8) is 0 Å². The van der Waals surface area contributed by atoms with E-state index in [9.17, 15) is 4.79 Å². The number of rotatable bonds is 7. The fourth-order valence-electron chi connectivity index (χ4n) is 1.53. The highest BCUT2D eigenvalue weighted by Gasteiger charge is 2.11. The lowest BCUT2D eigenvalue weighted by atomic mass is 10.1. The van der Waals surface area contributed by atoms with Crippen molar-refractivity contribution in [1.29, 1.82) is 0 Å². The van der Waals surface area contributed by atoms with Crippen LogP contribution in [0.4, 0.5) is 0 Å². The van der Waals surface area contributed by atoms with Gasteiger partial charge in [-0.1, -0.05) is 30.7 Å². The van der Waals surface area contributed by atoms with Crippen molar-refractivity contribution in [1.82, 2.24) is 4.90 Å². The van der Waals surface area contributed by atoms with E-state index < -0.39 is 0 Å². The van der Waals surface area contributed by atoms with Crippen LogP contribution in [0.3, 0.4) is 0 Å². The summed E-state index contributed by atoms with van der Waals surface area (Å²) in [5, 5.41) is 0.593. The number of ketones is 1. The SMILES string of the molecule is CCN(CCOC)CC(=O)c1cccc(Cl)c1. The Balaban J connectivity index is 2.58. The maximum atomic E-state index is 12.0. The van der Waals surface area contributed by atoms with Crippen LogP contribution in [-0.4, -0.2) is 44.0 Å². The van der Waals surface area contributed by atoms with Crippen molar-refractivity contribution in [3.8, 4) is 0 Å². The van der Waals surface area contributed by atoms with Gasteiger partial charge in [-0.25, -0.2) is 0 Å². The highest BCUT2D eigenvalue weighted by atomic mass is 35.5. The summed E-state index contributed by atoms with van der Waals surface area (Å²) < 4.78 is 5.01. The minimum atomic E-state index is 0.0884. The first-order chi connectivity index (χ1) is 8.17. The number of likely N-dealkylation sites (N-methyl/N-ethyl adjacent to an activating group) is 1. The average molecular weight is 256 g/mol. The van der Waals surface area contributed by atoms with Gasteiger partial charge < -0.3 is 4.74 Å². The van der Waals surface area contributed by atoms with Crippen molar-refractivity contribution in [2.24, 2.45) is 0 Å². The molecule has 3 nitrogen and oxygen atoms in total. The number of hydrogen-bond donors (Lipinski definition) is 0. The van der Waals surface area contributed by atoms with Crippen LogP contribution in [0.25, 0.3) is 0 Å². The van der Waals surface area contributed by atoms with E-state index in [-0.39, 0.29) is 5.78 Å². The zero-order chi connectivity index (χ0) is 12.7. The summed E-state index contributed by atoms with van der Waals surface area (Å²) >= 11 is 5.86. The summed E-state index contributed by atoms with van der Waals surface area (Å²) in [5.74, 6) is 0.0884. The molecule has 1 aromatic carbocycles. The summed E-state index contributed by atoms with van der Waals surface area (Å²) in [6.45, 7) is 4.66. The summed E-state index contributed by atoms with van der Waals surface area (Å²) in [5.41, 5.74) is 0.661. The van der Waals surface area contributed by atoms with Crippen LogP contribution in [0.2, 0.25) is 5.02 Å². The predicted octanol–water partition coefficient (Wildman–Crippen LogP) is 2.49. The monoisotopic (exact) mass is 255 g/mol. The van der Waals surface area contributed by atoms with Gasteiger partial charge in [0.15, 0.2) is 5.78 Å². The number of carbonyl (C=O) groups excluding carboxylic acids is 1. The third-order valence-electron chi connectivity index (χ3n) is 2.57. The Labute approximate surface area is 107 Å². The van der Waals surface area contributed by atoms with Crippen LogP contribution < -0.4 is 0 Å². The van der Waals surface area contributed by atoms with Crippen molar-refractivity contribution in [2.75, 3.05) is 33.4 Å². The van der Waals surface area contributed by atoms with Gasteiger partial charge in [0.1, 0.15) is 0 Å². The van der Waals surface area contributed by atoms with Crippen molar-refractivity contribution in [3.05, 3.63) is 34.9 Å². The molecule has 0 bridgehead atoms. The molecule has 0 saturated carbocycles. The molecule has 1 rings (SSSR count). The molecule has 94 valence electrons. The fourth-order valence-corrected chi connectivity index (χ4v) is 1.72. The van der Waals surface area contributed by atoms with Gasteiger partial charge in [-0.05, 0) is 18.7 Å². The van der Waals surface area contributed by atoms with E-state index in [1.54, 1.807) is 31.4 Å². The molecular weight excluding hydrogens is 238 g/mol. The number of methoxy groups -OCH3 is 1. The number of benzene rings is 1. The topological polar surface area (TPSA) is 29.5 Å². The van der Waals surface area contributed by atoms with Gasteiger partial charge in [0.25, 0.3) is 0 Å². The molecule has 0 N–H and O–H groups in total. The van der Waals surface area contributed by atoms with Crippen LogP contribution in [0, 0.1) is 0 Å². The molecule has 0 radical (unpaired) electrons. The van der Waals surface area contributed by atoms with Crippen LogP contribution in [0.5, 0.6) is 0 Å². The van der Waals surface area contributed by atoms with Crippen molar-refractivity contribution >= 4 is 17.4 Å². The zero-order valence-electron chi connectivity index (χ0n) is 10.3. The maximum Gasteiger partial charge on any atom is 0.176 e. The Kier molecular flexibility index (Phi) is 6.19. The van der Waals surface area contributed by atoms with Crippen LogP contribution in [0.1, 0.15) is 17.3 Å². The lowest BCUT2D eigenvalue weighted by molar-refractivity contribution is 0.0902. The highest BCUT2D eigenvalue weighted by Crippen LogP contribution is 2.11. The molecule has 0 spiro atoms. The molecule has 0 aliphatic heterocycles. The molecule has 0 fully saturated rings. The number of ether oxygens (including phenoxy) is 1. The Morgan fingerprint density at radius 1 is 1.47 bits per heavy atom. The zero-order valence-corrected chi connectivity index (χ0v) is 11.0. The van der Waals surface area contributed by atoms with E-state index in [0.29, 0.717) is 23.7 Å². The van der Waals surface area contributed by atoms with Gasteiger partial charge in [-0.3, -0.25) is 9.69 Å². The Morgan fingerprint density at radius 3 is 2.82 bits per heavy atom. The normalized spacial score (nSPS) is 10.8. The maximum absolute atomic E-state index is 12.0. The second kappa shape index (κ2) is 7.43. The van der Waals surface area contributed by atoms with Crippen LogP contribution in [0.15, 0.2) is 24.3 Å². The standard InChI is InChI=1S/C13H18ClNO2/c1-3-15(7-8-17-2)10-13(16)11-5-4-6-12(14)9-11/h4-6,9H,3,7-8,10H2,1-2H3. The first-order valence-corrected chi connectivity index (χ1v) is 6.05. The molecule has 0 aliphatic rings. The summed E-state index contributed by atoms with van der Waals surface area (Å²) in [4.78, 5) is 14.0. The van der Waals surface area contributed by atoms with Gasteiger partial charge in [-0.15, -0.1) is 0 Å². The largest absolute Gasteiger partial charge is 0.383 e. The van der Waals surface area contributed by atoms with E-state index in [2.05, 4.69) is 0 Å². The number of Topliss-reactive ketones (excluding diaryl/α,β-unsaturated/α-hetero) is 1. The molecule has 1 aromatic rings. The number of hydrogen-bond acceptors (Lipinski definition) is 3. The van der Waals surface area contributed by atoms with Crippen molar-refractivity contribution < 1.29 is 9.53 Å². The van der Waals surface area contributed by atoms with Gasteiger partial charge in [0.05, 0.1) is 13.2 Å². The third kappa shape index (κ3) is 4.86. The molecular formula is C13H18ClNO2.